The Labute approximate surface area is 148 Å². The molecule has 1 aromatic heterocycles. The van der Waals surface area contributed by atoms with E-state index in [0.717, 1.165) is 18.5 Å². The molecule has 0 radical (unpaired) electrons. The van der Waals surface area contributed by atoms with Gasteiger partial charge in [0, 0.05) is 11.6 Å². The minimum absolute atomic E-state index is 0.0957. The molecule has 0 aliphatic rings. The van der Waals surface area contributed by atoms with Crippen LogP contribution >= 0.6 is 0 Å². The fourth-order valence-corrected chi connectivity index (χ4v) is 2.57. The molecule has 2 rings (SSSR count). The van der Waals surface area contributed by atoms with Crippen molar-refractivity contribution in [1.29, 1.82) is 0 Å². The van der Waals surface area contributed by atoms with Crippen LogP contribution in [0.25, 0.3) is 11.3 Å². The number of aryl methyl sites for hydroxylation is 1. The number of aromatic hydroxyl groups is 1. The van der Waals surface area contributed by atoms with E-state index in [1.807, 2.05) is 6.92 Å². The molecule has 0 saturated heterocycles. The lowest BCUT2D eigenvalue weighted by atomic mass is 10.1. The summed E-state index contributed by atoms with van der Waals surface area (Å²) in [5, 5.41) is 9.67. The lowest BCUT2D eigenvalue weighted by Gasteiger charge is -2.19. The molecule has 1 N–H and O–H groups in total. The average molecular weight is 346 g/mol. The molecule has 1 aromatic carbocycles. The Bertz CT molecular complexity index is 715. The SMILES string of the molecule is CCc1nc(-c2ccc(O)cc2OC)c(OC)nc1OC(CC)CC. The Kier molecular flexibility index (Phi) is 6.44. The van der Waals surface area contributed by atoms with Crippen LogP contribution in [-0.2, 0) is 6.42 Å². The summed E-state index contributed by atoms with van der Waals surface area (Å²) in [7, 11) is 3.09. The number of rotatable bonds is 8. The summed E-state index contributed by atoms with van der Waals surface area (Å²) in [5.74, 6) is 1.50. The largest absolute Gasteiger partial charge is 0.508 e. The molecule has 0 atom stereocenters. The van der Waals surface area contributed by atoms with Crippen LogP contribution in [0.4, 0.5) is 0 Å². The second kappa shape index (κ2) is 8.55. The fourth-order valence-electron chi connectivity index (χ4n) is 2.57. The molecule has 0 fully saturated rings. The van der Waals surface area contributed by atoms with Gasteiger partial charge in [0.05, 0.1) is 20.3 Å². The van der Waals surface area contributed by atoms with Gasteiger partial charge < -0.3 is 19.3 Å². The van der Waals surface area contributed by atoms with Crippen LogP contribution in [0.2, 0.25) is 0 Å². The van der Waals surface area contributed by atoms with Gasteiger partial charge in [-0.2, -0.15) is 4.98 Å². The van der Waals surface area contributed by atoms with Crippen molar-refractivity contribution in [2.24, 2.45) is 0 Å². The number of phenolic OH excluding ortho intramolecular Hbond substituents is 1. The number of nitrogens with zero attached hydrogens (tertiary/aromatic N) is 2. The smallest absolute Gasteiger partial charge is 0.243 e. The summed E-state index contributed by atoms with van der Waals surface area (Å²) < 4.78 is 16.8. The third-order valence-corrected chi connectivity index (χ3v) is 4.06. The number of benzene rings is 1. The van der Waals surface area contributed by atoms with Gasteiger partial charge in [0.25, 0.3) is 0 Å². The highest BCUT2D eigenvalue weighted by atomic mass is 16.5. The molecule has 0 aliphatic heterocycles. The fraction of sp³-hybridized carbons (Fsp3) is 0.474. The van der Waals surface area contributed by atoms with Crippen molar-refractivity contribution in [1.82, 2.24) is 9.97 Å². The van der Waals surface area contributed by atoms with Crippen molar-refractivity contribution < 1.29 is 19.3 Å². The highest BCUT2D eigenvalue weighted by molar-refractivity contribution is 5.72. The zero-order valence-corrected chi connectivity index (χ0v) is 15.5. The quantitative estimate of drug-likeness (QED) is 0.779. The summed E-state index contributed by atoms with van der Waals surface area (Å²) in [6.45, 7) is 6.17. The van der Waals surface area contributed by atoms with Gasteiger partial charge in [0.2, 0.25) is 11.8 Å². The van der Waals surface area contributed by atoms with Crippen LogP contribution in [0.3, 0.4) is 0 Å². The maximum atomic E-state index is 9.67. The van der Waals surface area contributed by atoms with Crippen LogP contribution < -0.4 is 14.2 Å². The van der Waals surface area contributed by atoms with Crippen molar-refractivity contribution in [2.45, 2.75) is 46.1 Å². The minimum atomic E-state index is 0.0957. The topological polar surface area (TPSA) is 73.7 Å². The molecule has 0 spiro atoms. The first-order valence-electron chi connectivity index (χ1n) is 8.56. The van der Waals surface area contributed by atoms with E-state index in [1.54, 1.807) is 26.4 Å². The van der Waals surface area contributed by atoms with Crippen LogP contribution in [0.15, 0.2) is 18.2 Å². The van der Waals surface area contributed by atoms with E-state index >= 15 is 0 Å². The predicted octanol–water partition coefficient (Wildman–Crippen LogP) is 4.00. The molecule has 136 valence electrons. The van der Waals surface area contributed by atoms with E-state index in [0.29, 0.717) is 35.2 Å². The molecular formula is C19H26N2O4. The second-order valence-corrected chi connectivity index (χ2v) is 5.63. The maximum Gasteiger partial charge on any atom is 0.243 e. The van der Waals surface area contributed by atoms with Crippen LogP contribution in [0.5, 0.6) is 23.3 Å². The summed E-state index contributed by atoms with van der Waals surface area (Å²) >= 11 is 0. The zero-order chi connectivity index (χ0) is 18.4. The van der Waals surface area contributed by atoms with Gasteiger partial charge >= 0.3 is 0 Å². The Morgan fingerprint density at radius 2 is 1.72 bits per heavy atom. The molecule has 0 amide bonds. The second-order valence-electron chi connectivity index (χ2n) is 5.63. The van der Waals surface area contributed by atoms with Crippen molar-refractivity contribution in [3.63, 3.8) is 0 Å². The maximum absolute atomic E-state index is 9.67. The predicted molar refractivity (Wildman–Crippen MR) is 96.6 cm³/mol. The number of aromatic nitrogens is 2. The third kappa shape index (κ3) is 4.13. The molecule has 25 heavy (non-hydrogen) atoms. The average Bonchev–Trinajstić information content (AvgIpc) is 2.65. The van der Waals surface area contributed by atoms with Gasteiger partial charge in [0.15, 0.2) is 0 Å². The van der Waals surface area contributed by atoms with Crippen molar-refractivity contribution in [3.8, 4) is 34.5 Å². The van der Waals surface area contributed by atoms with E-state index in [4.69, 9.17) is 19.2 Å². The highest BCUT2D eigenvalue weighted by Gasteiger charge is 2.20. The molecule has 0 bridgehead atoms. The molecule has 0 saturated carbocycles. The van der Waals surface area contributed by atoms with Crippen molar-refractivity contribution >= 4 is 0 Å². The van der Waals surface area contributed by atoms with E-state index in [1.165, 1.54) is 6.07 Å². The number of methoxy groups -OCH3 is 2. The summed E-state index contributed by atoms with van der Waals surface area (Å²) in [5.41, 5.74) is 2.03. The molecular weight excluding hydrogens is 320 g/mol. The zero-order valence-electron chi connectivity index (χ0n) is 15.5. The summed E-state index contributed by atoms with van der Waals surface area (Å²) in [6, 6.07) is 4.86. The minimum Gasteiger partial charge on any atom is -0.508 e. The first-order chi connectivity index (χ1) is 12.1. The van der Waals surface area contributed by atoms with Gasteiger partial charge in [-0.15, -0.1) is 0 Å². The summed E-state index contributed by atoms with van der Waals surface area (Å²) in [4.78, 5) is 9.26. The van der Waals surface area contributed by atoms with E-state index in [2.05, 4.69) is 18.8 Å². The number of hydrogen-bond acceptors (Lipinski definition) is 6. The highest BCUT2D eigenvalue weighted by Crippen LogP contribution is 2.37. The third-order valence-electron chi connectivity index (χ3n) is 4.06. The van der Waals surface area contributed by atoms with Crippen LogP contribution in [0, 0.1) is 0 Å². The normalized spacial score (nSPS) is 10.8. The van der Waals surface area contributed by atoms with Gasteiger partial charge in [0.1, 0.15) is 22.9 Å². The number of ether oxygens (including phenoxy) is 3. The van der Waals surface area contributed by atoms with Crippen LogP contribution in [-0.4, -0.2) is 35.4 Å². The van der Waals surface area contributed by atoms with E-state index < -0.39 is 0 Å². The standard InChI is InChI=1S/C19H26N2O4/c1-6-13(7-2)25-18-15(8-3)20-17(19(21-18)24-5)14-10-9-12(22)11-16(14)23-4/h9-11,13,22H,6-8H2,1-5H3. The monoisotopic (exact) mass is 346 g/mol. The molecule has 1 heterocycles. The molecule has 2 aromatic rings. The van der Waals surface area contributed by atoms with Gasteiger partial charge in [-0.1, -0.05) is 20.8 Å². The van der Waals surface area contributed by atoms with Crippen LogP contribution in [0.1, 0.15) is 39.3 Å². The number of phenols is 1. The van der Waals surface area contributed by atoms with Crippen molar-refractivity contribution in [2.75, 3.05) is 14.2 Å². The Balaban J connectivity index is 2.56. The molecule has 6 nitrogen and oxygen atoms in total. The van der Waals surface area contributed by atoms with Gasteiger partial charge in [-0.3, -0.25) is 0 Å². The lowest BCUT2D eigenvalue weighted by Crippen LogP contribution is -2.16. The molecule has 0 unspecified atom stereocenters. The van der Waals surface area contributed by atoms with Crippen molar-refractivity contribution in [3.05, 3.63) is 23.9 Å². The Morgan fingerprint density at radius 1 is 1.00 bits per heavy atom. The van der Waals surface area contributed by atoms with Gasteiger partial charge in [-0.25, -0.2) is 4.98 Å². The van der Waals surface area contributed by atoms with E-state index in [9.17, 15) is 5.11 Å². The Hall–Kier alpha value is -2.50. The molecule has 0 aliphatic carbocycles. The first-order valence-corrected chi connectivity index (χ1v) is 8.56. The van der Waals surface area contributed by atoms with E-state index in [-0.39, 0.29) is 11.9 Å². The first kappa shape index (κ1) is 18.8. The number of hydrogen-bond donors (Lipinski definition) is 1. The molecule has 6 heteroatoms. The lowest BCUT2D eigenvalue weighted by molar-refractivity contribution is 0.180. The summed E-state index contributed by atoms with van der Waals surface area (Å²) in [6.07, 6.45) is 2.58. The van der Waals surface area contributed by atoms with Gasteiger partial charge in [-0.05, 0) is 31.4 Å². The Morgan fingerprint density at radius 3 is 2.28 bits per heavy atom.